The molecule has 186 valence electrons. The van der Waals surface area contributed by atoms with Crippen molar-refractivity contribution in [3.8, 4) is 0 Å². The Balaban J connectivity index is 1.30. The number of nitrogens with one attached hydrogen (secondary N) is 2. The quantitative estimate of drug-likeness (QED) is 0.633. The molecular formula is C27H33N3O4S. The number of amides is 2. The molecule has 2 fully saturated rings. The number of hydrogen-bond acceptors (Lipinski definition) is 4. The van der Waals surface area contributed by atoms with E-state index in [2.05, 4.69) is 10.0 Å². The summed E-state index contributed by atoms with van der Waals surface area (Å²) in [5.74, 6) is -0.323. The maximum atomic E-state index is 13.3. The molecule has 1 saturated carbocycles. The molecule has 2 aromatic carbocycles. The number of rotatable bonds is 6. The van der Waals surface area contributed by atoms with Gasteiger partial charge in [-0.05, 0) is 92.8 Å². The van der Waals surface area contributed by atoms with Crippen molar-refractivity contribution in [2.24, 2.45) is 0 Å². The molecule has 7 nitrogen and oxygen atoms in total. The molecule has 1 atom stereocenters. The lowest BCUT2D eigenvalue weighted by Crippen LogP contribution is -2.48. The van der Waals surface area contributed by atoms with Gasteiger partial charge in [0.25, 0.3) is 15.9 Å². The predicted octanol–water partition coefficient (Wildman–Crippen LogP) is 4.03. The smallest absolute Gasteiger partial charge is 0.261 e. The molecule has 0 spiro atoms. The highest BCUT2D eigenvalue weighted by Gasteiger charge is 2.35. The van der Waals surface area contributed by atoms with Gasteiger partial charge in [-0.25, -0.2) is 8.42 Å². The van der Waals surface area contributed by atoms with Gasteiger partial charge in [0.05, 0.1) is 4.90 Å². The number of carbonyl (C=O) groups is 2. The number of fused-ring (bicyclic) bond motifs is 1. The first kappa shape index (κ1) is 23.9. The first-order valence-electron chi connectivity index (χ1n) is 12.8. The van der Waals surface area contributed by atoms with Gasteiger partial charge in [0.15, 0.2) is 0 Å². The van der Waals surface area contributed by atoms with Crippen LogP contribution in [0.3, 0.4) is 0 Å². The number of sulfonamides is 1. The van der Waals surface area contributed by atoms with Gasteiger partial charge in [0, 0.05) is 23.8 Å². The maximum Gasteiger partial charge on any atom is 0.261 e. The van der Waals surface area contributed by atoms with E-state index in [-0.39, 0.29) is 22.8 Å². The zero-order valence-corrected chi connectivity index (χ0v) is 20.8. The topological polar surface area (TPSA) is 95.6 Å². The summed E-state index contributed by atoms with van der Waals surface area (Å²) >= 11 is 0. The number of likely N-dealkylation sites (tertiary alicyclic amines) is 1. The van der Waals surface area contributed by atoms with Gasteiger partial charge >= 0.3 is 0 Å². The van der Waals surface area contributed by atoms with Crippen molar-refractivity contribution >= 4 is 27.5 Å². The van der Waals surface area contributed by atoms with E-state index in [1.807, 2.05) is 6.07 Å². The number of carbonyl (C=O) groups excluding carboxylic acids is 2. The van der Waals surface area contributed by atoms with E-state index in [9.17, 15) is 18.0 Å². The Kier molecular flexibility index (Phi) is 6.82. The minimum absolute atomic E-state index is 0.0768. The molecule has 2 N–H and O–H groups in total. The van der Waals surface area contributed by atoms with Gasteiger partial charge in [0.1, 0.15) is 6.04 Å². The van der Waals surface area contributed by atoms with Crippen molar-refractivity contribution in [1.82, 2.24) is 10.2 Å². The van der Waals surface area contributed by atoms with Crippen LogP contribution in [0, 0.1) is 0 Å². The SMILES string of the molecule is O=C(NC1CCCC1)C1CCCN1C(=O)c1cccc(NS(=O)(=O)c2ccc3c(c2)CCCC3)c1. The molecule has 2 amide bonds. The van der Waals surface area contributed by atoms with Crippen LogP contribution < -0.4 is 10.0 Å². The summed E-state index contributed by atoms with van der Waals surface area (Å²) in [5, 5.41) is 3.11. The predicted molar refractivity (Wildman–Crippen MR) is 135 cm³/mol. The Labute approximate surface area is 207 Å². The molecule has 1 heterocycles. The average Bonchev–Trinajstić information content (AvgIpc) is 3.55. The van der Waals surface area contributed by atoms with Gasteiger partial charge in [-0.3, -0.25) is 14.3 Å². The first-order chi connectivity index (χ1) is 16.9. The van der Waals surface area contributed by atoms with E-state index in [1.54, 1.807) is 41.3 Å². The van der Waals surface area contributed by atoms with Crippen molar-refractivity contribution in [3.63, 3.8) is 0 Å². The van der Waals surface area contributed by atoms with Crippen molar-refractivity contribution in [3.05, 3.63) is 59.2 Å². The maximum absolute atomic E-state index is 13.3. The molecule has 1 aliphatic heterocycles. The molecule has 0 bridgehead atoms. The highest BCUT2D eigenvalue weighted by atomic mass is 32.2. The van der Waals surface area contributed by atoms with Crippen LogP contribution >= 0.6 is 0 Å². The van der Waals surface area contributed by atoms with Crippen molar-refractivity contribution in [1.29, 1.82) is 0 Å². The van der Waals surface area contributed by atoms with E-state index in [4.69, 9.17) is 0 Å². The molecule has 1 saturated heterocycles. The summed E-state index contributed by atoms with van der Waals surface area (Å²) in [6.07, 6.45) is 9.78. The fourth-order valence-corrected chi connectivity index (χ4v) is 6.72. The molecule has 1 unspecified atom stereocenters. The molecular weight excluding hydrogens is 462 g/mol. The van der Waals surface area contributed by atoms with Crippen LogP contribution in [-0.2, 0) is 27.7 Å². The Morgan fingerprint density at radius 2 is 1.63 bits per heavy atom. The molecule has 2 aromatic rings. The third-order valence-electron chi connectivity index (χ3n) is 7.51. The summed E-state index contributed by atoms with van der Waals surface area (Å²) in [4.78, 5) is 28.0. The minimum atomic E-state index is -3.78. The normalized spacial score (nSPS) is 20.5. The lowest BCUT2D eigenvalue weighted by molar-refractivity contribution is -0.125. The monoisotopic (exact) mass is 495 g/mol. The largest absolute Gasteiger partial charge is 0.352 e. The van der Waals surface area contributed by atoms with Crippen LogP contribution in [0.4, 0.5) is 5.69 Å². The second kappa shape index (κ2) is 10.0. The summed E-state index contributed by atoms with van der Waals surface area (Å²) in [6, 6.07) is 11.6. The molecule has 0 aromatic heterocycles. The molecule has 5 rings (SSSR count). The summed E-state index contributed by atoms with van der Waals surface area (Å²) in [5.41, 5.74) is 3.02. The van der Waals surface area contributed by atoms with Crippen LogP contribution in [-0.4, -0.2) is 43.8 Å². The zero-order chi connectivity index (χ0) is 24.4. The Hall–Kier alpha value is -2.87. The number of nitrogens with zero attached hydrogens (tertiary/aromatic N) is 1. The van der Waals surface area contributed by atoms with Gasteiger partial charge in [-0.1, -0.05) is 25.0 Å². The zero-order valence-electron chi connectivity index (χ0n) is 20.0. The lowest BCUT2D eigenvalue weighted by atomic mass is 9.92. The molecule has 35 heavy (non-hydrogen) atoms. The van der Waals surface area contributed by atoms with E-state index in [1.165, 1.54) is 5.56 Å². The van der Waals surface area contributed by atoms with Gasteiger partial charge in [-0.15, -0.1) is 0 Å². The number of benzene rings is 2. The second-order valence-corrected chi connectivity index (χ2v) is 11.7. The third-order valence-corrected chi connectivity index (χ3v) is 8.89. The van der Waals surface area contributed by atoms with Crippen molar-refractivity contribution in [2.75, 3.05) is 11.3 Å². The molecule has 0 radical (unpaired) electrons. The second-order valence-electron chi connectivity index (χ2n) is 9.97. The van der Waals surface area contributed by atoms with E-state index < -0.39 is 16.1 Å². The molecule has 8 heteroatoms. The van der Waals surface area contributed by atoms with Gasteiger partial charge in [-0.2, -0.15) is 0 Å². The lowest BCUT2D eigenvalue weighted by Gasteiger charge is -2.25. The average molecular weight is 496 g/mol. The highest BCUT2D eigenvalue weighted by molar-refractivity contribution is 7.92. The van der Waals surface area contributed by atoms with Gasteiger partial charge < -0.3 is 10.2 Å². The fourth-order valence-electron chi connectivity index (χ4n) is 5.62. The van der Waals surface area contributed by atoms with Gasteiger partial charge in [0.2, 0.25) is 5.91 Å². The standard InChI is InChI=1S/C27H33N3O4S/c31-26(28-22-10-3-4-11-22)25-13-6-16-30(25)27(32)21-9-5-12-23(17-21)29-35(33,34)24-15-14-19-7-1-2-8-20(19)18-24/h5,9,12,14-15,17-18,22,25,29H,1-4,6-8,10-11,13,16H2,(H,28,31). The number of anilines is 1. The van der Waals surface area contributed by atoms with E-state index >= 15 is 0 Å². The third kappa shape index (κ3) is 5.22. The summed E-state index contributed by atoms with van der Waals surface area (Å²) in [7, 11) is -3.78. The Morgan fingerprint density at radius 3 is 2.43 bits per heavy atom. The van der Waals surface area contributed by atoms with Crippen molar-refractivity contribution in [2.45, 2.75) is 81.2 Å². The van der Waals surface area contributed by atoms with E-state index in [0.29, 0.717) is 24.2 Å². The van der Waals surface area contributed by atoms with Crippen LogP contribution in [0.25, 0.3) is 0 Å². The van der Waals surface area contributed by atoms with Crippen molar-refractivity contribution < 1.29 is 18.0 Å². The summed E-state index contributed by atoms with van der Waals surface area (Å²) < 4.78 is 28.8. The Bertz CT molecular complexity index is 1220. The van der Waals surface area contributed by atoms with Crippen LogP contribution in [0.5, 0.6) is 0 Å². The van der Waals surface area contributed by atoms with Crippen LogP contribution in [0.1, 0.15) is 72.9 Å². The minimum Gasteiger partial charge on any atom is -0.352 e. The van der Waals surface area contributed by atoms with Crippen LogP contribution in [0.15, 0.2) is 47.4 Å². The highest BCUT2D eigenvalue weighted by Crippen LogP contribution is 2.27. The fraction of sp³-hybridized carbons (Fsp3) is 0.481. The number of aryl methyl sites for hydroxylation is 2. The first-order valence-corrected chi connectivity index (χ1v) is 14.2. The molecule has 3 aliphatic rings. The van der Waals surface area contributed by atoms with E-state index in [0.717, 1.165) is 63.4 Å². The number of hydrogen-bond donors (Lipinski definition) is 2. The summed E-state index contributed by atoms with van der Waals surface area (Å²) in [6.45, 7) is 0.521. The van der Waals surface area contributed by atoms with Crippen LogP contribution in [0.2, 0.25) is 0 Å². The molecule has 2 aliphatic carbocycles. The Morgan fingerprint density at radius 1 is 0.857 bits per heavy atom.